The smallest absolute Gasteiger partial charge is 0.417 e. The highest BCUT2D eigenvalue weighted by atomic mass is 16.6. The van der Waals surface area contributed by atoms with Crippen LogP contribution in [0, 0.1) is 6.92 Å². The van der Waals surface area contributed by atoms with Gasteiger partial charge in [0.1, 0.15) is 0 Å². The average Bonchev–Trinajstić information content (AvgIpc) is 3.46. The lowest BCUT2D eigenvalue weighted by Gasteiger charge is -2.43. The third-order valence-electron chi connectivity index (χ3n) is 11.4. The number of amides is 4. The molecule has 4 amide bonds. The second-order valence-electron chi connectivity index (χ2n) is 14.7. The molecule has 284 valence electrons. The van der Waals surface area contributed by atoms with Gasteiger partial charge >= 0.3 is 23.8 Å². The Hall–Kier alpha value is -4.89. The van der Waals surface area contributed by atoms with Crippen LogP contribution in [0.25, 0.3) is 11.1 Å². The van der Waals surface area contributed by atoms with E-state index >= 15 is 0 Å². The Bertz CT molecular complexity index is 1870. The molecular formula is C38H49N7O8. The zero-order valence-electron chi connectivity index (χ0n) is 30.3. The van der Waals surface area contributed by atoms with E-state index in [1.165, 1.54) is 0 Å². The van der Waals surface area contributed by atoms with Crippen molar-refractivity contribution in [2.75, 3.05) is 70.8 Å². The van der Waals surface area contributed by atoms with Gasteiger partial charge in [0.25, 0.3) is 5.91 Å². The summed E-state index contributed by atoms with van der Waals surface area (Å²) in [5, 5.41) is 12.1. The lowest BCUT2D eigenvalue weighted by atomic mass is 9.99. The van der Waals surface area contributed by atoms with Crippen LogP contribution in [0.15, 0.2) is 45.6 Å². The predicted octanol–water partition coefficient (Wildman–Crippen LogP) is 3.12. The quantitative estimate of drug-likeness (QED) is 0.297. The van der Waals surface area contributed by atoms with Crippen LogP contribution >= 0.6 is 0 Å². The number of rotatable bonds is 9. The Balaban J connectivity index is 0.979. The molecular weight excluding hydrogens is 682 g/mol. The van der Waals surface area contributed by atoms with Crippen LogP contribution in [0.2, 0.25) is 0 Å². The van der Waals surface area contributed by atoms with Crippen molar-refractivity contribution in [3.05, 3.63) is 63.6 Å². The first-order valence-electron chi connectivity index (χ1n) is 18.8. The monoisotopic (exact) mass is 731 g/mol. The molecule has 0 saturated carbocycles. The highest BCUT2D eigenvalue weighted by Crippen LogP contribution is 2.27. The van der Waals surface area contributed by atoms with Gasteiger partial charge in [-0.1, -0.05) is 24.3 Å². The topological polar surface area (TPSA) is 172 Å². The SMILES string of the molecule is Cc1cc(C[C@@H](OC(=O)N2CCC(N3CCc4ccccc4NC3=O)CC2)C(=O)N2CCC(N3CCN(CCC(=O)O)CC3)CC2)cc2oc(=O)[nH]c12. The summed E-state index contributed by atoms with van der Waals surface area (Å²) in [4.78, 5) is 76.5. The number of carboxylic acids is 1. The Morgan fingerprint density at radius 1 is 0.906 bits per heavy atom. The van der Waals surface area contributed by atoms with Crippen molar-refractivity contribution in [2.45, 2.75) is 70.1 Å². The van der Waals surface area contributed by atoms with Crippen molar-refractivity contribution < 1.29 is 33.4 Å². The highest BCUT2D eigenvalue weighted by molar-refractivity contribution is 5.91. The number of piperazine rings is 1. The molecule has 4 aliphatic heterocycles. The lowest BCUT2D eigenvalue weighted by molar-refractivity contribution is -0.143. The fourth-order valence-corrected chi connectivity index (χ4v) is 8.36. The largest absolute Gasteiger partial charge is 0.481 e. The lowest BCUT2D eigenvalue weighted by Crippen LogP contribution is -2.55. The van der Waals surface area contributed by atoms with E-state index in [1.807, 2.05) is 42.2 Å². The Morgan fingerprint density at radius 3 is 2.34 bits per heavy atom. The molecule has 0 unspecified atom stereocenters. The number of nitrogens with one attached hydrogen (secondary N) is 2. The number of likely N-dealkylation sites (tertiary alicyclic amines) is 2. The number of carbonyl (C=O) groups excluding carboxylic acids is 3. The maximum Gasteiger partial charge on any atom is 0.417 e. The number of piperidine rings is 2. The molecule has 0 radical (unpaired) electrons. The Labute approximate surface area is 307 Å². The van der Waals surface area contributed by atoms with Gasteiger partial charge < -0.3 is 39.2 Å². The zero-order valence-corrected chi connectivity index (χ0v) is 30.3. The first-order chi connectivity index (χ1) is 25.6. The number of aromatic amines is 1. The Morgan fingerprint density at radius 2 is 1.60 bits per heavy atom. The van der Waals surface area contributed by atoms with Crippen molar-refractivity contribution in [1.82, 2.24) is 29.5 Å². The molecule has 2 aromatic carbocycles. The number of hydrogen-bond donors (Lipinski definition) is 3. The molecule has 3 aromatic rings. The third kappa shape index (κ3) is 8.51. The number of carboxylic acid groups (broad SMARTS) is 1. The van der Waals surface area contributed by atoms with Crippen LogP contribution in [0.3, 0.4) is 0 Å². The van der Waals surface area contributed by atoms with Crippen LogP contribution in [0.4, 0.5) is 15.3 Å². The standard InChI is InChI=1S/C38H49N7O8/c1-25-22-26(23-31-34(25)40-37(50)52-31)24-32(35(48)43-13-7-28(8-14-43)42-20-18-41(19-21-42)12-11-33(46)47)53-38(51)44-15-9-29(10-16-44)45-17-6-27-4-2-3-5-30(27)39-36(45)49/h2-5,22-23,28-29,32H,6-21,24H2,1H3,(H,39,49)(H,40,50)(H,46,47)/t32-/m1/s1. The number of H-pyrrole nitrogens is 1. The van der Waals surface area contributed by atoms with Crippen molar-refractivity contribution in [1.29, 1.82) is 0 Å². The third-order valence-corrected chi connectivity index (χ3v) is 11.4. The van der Waals surface area contributed by atoms with Crippen LogP contribution in [0.5, 0.6) is 0 Å². The van der Waals surface area contributed by atoms with E-state index in [0.29, 0.717) is 74.8 Å². The zero-order chi connectivity index (χ0) is 37.1. The number of carbonyl (C=O) groups is 4. The molecule has 3 N–H and O–H groups in total. The number of aromatic nitrogens is 1. The number of aliphatic carboxylic acids is 1. The minimum atomic E-state index is -1.08. The van der Waals surface area contributed by atoms with Crippen molar-refractivity contribution in [3.63, 3.8) is 0 Å². The fraction of sp³-hybridized carbons (Fsp3) is 0.553. The number of fused-ring (bicyclic) bond motifs is 2. The van der Waals surface area contributed by atoms with Crippen LogP contribution in [0.1, 0.15) is 48.8 Å². The Kier molecular flexibility index (Phi) is 11.0. The van der Waals surface area contributed by atoms with Crippen LogP contribution in [-0.4, -0.2) is 142 Å². The van der Waals surface area contributed by atoms with Crippen LogP contribution in [-0.2, 0) is 27.2 Å². The van der Waals surface area contributed by atoms with Gasteiger partial charge in [-0.25, -0.2) is 14.4 Å². The molecule has 3 fully saturated rings. The van der Waals surface area contributed by atoms with Gasteiger partial charge in [-0.3, -0.25) is 19.5 Å². The van der Waals surface area contributed by atoms with E-state index < -0.39 is 23.9 Å². The molecule has 3 saturated heterocycles. The summed E-state index contributed by atoms with van der Waals surface area (Å²) < 4.78 is 11.4. The first kappa shape index (κ1) is 36.5. The summed E-state index contributed by atoms with van der Waals surface area (Å²) in [6.07, 6.45) is 2.17. The molecule has 0 spiro atoms. The van der Waals surface area contributed by atoms with Crippen molar-refractivity contribution in [2.24, 2.45) is 0 Å². The molecule has 5 heterocycles. The summed E-state index contributed by atoms with van der Waals surface area (Å²) in [7, 11) is 0. The number of oxazole rings is 1. The number of nitrogens with zero attached hydrogens (tertiary/aromatic N) is 5. The van der Waals surface area contributed by atoms with Crippen LogP contribution < -0.4 is 11.1 Å². The van der Waals surface area contributed by atoms with Gasteiger partial charge in [-0.05, 0) is 67.9 Å². The molecule has 1 aromatic heterocycles. The minimum Gasteiger partial charge on any atom is -0.481 e. The normalized spacial score (nSPS) is 20.2. The van der Waals surface area contributed by atoms with E-state index in [1.54, 1.807) is 15.9 Å². The molecule has 0 aliphatic carbocycles. The number of hydrogen-bond acceptors (Lipinski definition) is 9. The molecule has 53 heavy (non-hydrogen) atoms. The number of ether oxygens (including phenoxy) is 1. The van der Waals surface area contributed by atoms with Gasteiger partial charge in [-0.2, -0.15) is 0 Å². The number of benzene rings is 2. The van der Waals surface area contributed by atoms with Gasteiger partial charge in [-0.15, -0.1) is 0 Å². The molecule has 15 nitrogen and oxygen atoms in total. The summed E-state index contributed by atoms with van der Waals surface area (Å²) in [6, 6.07) is 11.6. The van der Waals surface area contributed by atoms with E-state index in [-0.39, 0.29) is 30.8 Å². The first-order valence-corrected chi connectivity index (χ1v) is 18.8. The summed E-state index contributed by atoms with van der Waals surface area (Å²) in [5.41, 5.74) is 4.41. The fourth-order valence-electron chi connectivity index (χ4n) is 8.36. The molecule has 15 heteroatoms. The number of urea groups is 1. The van der Waals surface area contributed by atoms with E-state index in [0.717, 1.165) is 62.3 Å². The van der Waals surface area contributed by atoms with Gasteiger partial charge in [0, 0.05) is 89.6 Å². The average molecular weight is 732 g/mol. The molecule has 4 aliphatic rings. The van der Waals surface area contributed by atoms with Gasteiger partial charge in [0.2, 0.25) is 0 Å². The maximum atomic E-state index is 14.2. The van der Waals surface area contributed by atoms with Gasteiger partial charge in [0.05, 0.1) is 11.9 Å². The molecule has 0 bridgehead atoms. The number of anilines is 1. The van der Waals surface area contributed by atoms with E-state index in [9.17, 15) is 24.0 Å². The minimum absolute atomic E-state index is 0.0227. The maximum absolute atomic E-state index is 14.2. The highest BCUT2D eigenvalue weighted by Gasteiger charge is 2.36. The van der Waals surface area contributed by atoms with Crippen molar-refractivity contribution >= 4 is 40.8 Å². The second kappa shape index (κ2) is 16.0. The molecule has 7 rings (SSSR count). The van der Waals surface area contributed by atoms with E-state index in [2.05, 4.69) is 20.1 Å². The number of para-hydroxylation sites is 1. The van der Waals surface area contributed by atoms with Gasteiger partial charge in [0.15, 0.2) is 11.7 Å². The predicted molar refractivity (Wildman–Crippen MR) is 196 cm³/mol. The van der Waals surface area contributed by atoms with Crippen molar-refractivity contribution in [3.8, 4) is 0 Å². The summed E-state index contributed by atoms with van der Waals surface area (Å²) >= 11 is 0. The second-order valence-corrected chi connectivity index (χ2v) is 14.7. The summed E-state index contributed by atoms with van der Waals surface area (Å²) in [5.74, 6) is -1.59. The van der Waals surface area contributed by atoms with E-state index in [4.69, 9.17) is 14.3 Å². The summed E-state index contributed by atoms with van der Waals surface area (Å²) in [6.45, 7) is 8.25. The number of aryl methyl sites for hydroxylation is 1. The molecule has 1 atom stereocenters.